The van der Waals surface area contributed by atoms with E-state index in [1.165, 1.54) is 4.90 Å². The lowest BCUT2D eigenvalue weighted by Crippen LogP contribution is -2.39. The zero-order valence-corrected chi connectivity index (χ0v) is 21.1. The molecule has 34 heavy (non-hydrogen) atoms. The van der Waals surface area contributed by atoms with Crippen molar-refractivity contribution in [3.8, 4) is 0 Å². The van der Waals surface area contributed by atoms with Gasteiger partial charge < -0.3 is 4.90 Å². The zero-order valence-electron chi connectivity index (χ0n) is 20.3. The van der Waals surface area contributed by atoms with Crippen molar-refractivity contribution < 1.29 is 4.79 Å². The lowest BCUT2D eigenvalue weighted by atomic mass is 9.95. The molecular weight excluding hydrogens is 444 g/mol. The monoisotopic (exact) mass is 478 g/mol. The van der Waals surface area contributed by atoms with E-state index < -0.39 is 0 Å². The average Bonchev–Trinajstić information content (AvgIpc) is 3.15. The number of nitrogens with zero attached hydrogens (tertiary/aromatic N) is 4. The normalized spacial score (nSPS) is 14.6. The third-order valence-electron chi connectivity index (χ3n) is 6.31. The SMILES string of the molecule is CCn1c(C2CCN(C(=O)Cc3ccc(SC(C)C)cc3)CC2)nn(Cc2ccccc2)c1=O. The van der Waals surface area contributed by atoms with E-state index in [0.717, 1.165) is 29.8 Å². The number of carbonyl (C=O) groups is 1. The number of hydrogen-bond donors (Lipinski definition) is 0. The largest absolute Gasteiger partial charge is 0.346 e. The van der Waals surface area contributed by atoms with Crippen LogP contribution < -0.4 is 5.69 Å². The highest BCUT2D eigenvalue weighted by atomic mass is 32.2. The van der Waals surface area contributed by atoms with Crippen LogP contribution >= 0.6 is 11.8 Å². The minimum absolute atomic E-state index is 0.0565. The molecule has 1 aliphatic heterocycles. The molecule has 4 rings (SSSR count). The van der Waals surface area contributed by atoms with Crippen LogP contribution in [0.2, 0.25) is 0 Å². The van der Waals surface area contributed by atoms with Gasteiger partial charge in [-0.1, -0.05) is 56.3 Å². The lowest BCUT2D eigenvalue weighted by molar-refractivity contribution is -0.131. The molecule has 0 radical (unpaired) electrons. The molecule has 0 bridgehead atoms. The number of hydrogen-bond acceptors (Lipinski definition) is 4. The second-order valence-electron chi connectivity index (χ2n) is 9.17. The Morgan fingerprint density at radius 3 is 2.32 bits per heavy atom. The number of benzene rings is 2. The number of rotatable bonds is 8. The summed E-state index contributed by atoms with van der Waals surface area (Å²) in [5.74, 6) is 1.22. The van der Waals surface area contributed by atoms with Crippen molar-refractivity contribution >= 4 is 17.7 Å². The quantitative estimate of drug-likeness (QED) is 0.445. The molecule has 0 saturated carbocycles. The second-order valence-corrected chi connectivity index (χ2v) is 10.8. The van der Waals surface area contributed by atoms with Crippen molar-refractivity contribution in [1.82, 2.24) is 19.2 Å². The summed E-state index contributed by atoms with van der Waals surface area (Å²) in [6.45, 7) is 8.84. The molecule has 1 amide bonds. The van der Waals surface area contributed by atoms with Gasteiger partial charge in [0.15, 0.2) is 0 Å². The highest BCUT2D eigenvalue weighted by Crippen LogP contribution is 2.27. The molecule has 1 aromatic heterocycles. The summed E-state index contributed by atoms with van der Waals surface area (Å²) in [6, 6.07) is 18.3. The van der Waals surface area contributed by atoms with Crippen LogP contribution in [0.1, 0.15) is 56.5 Å². The number of amides is 1. The number of aromatic nitrogens is 3. The molecule has 3 aromatic rings. The summed E-state index contributed by atoms with van der Waals surface area (Å²) in [5, 5.41) is 5.27. The van der Waals surface area contributed by atoms with E-state index in [-0.39, 0.29) is 17.5 Å². The summed E-state index contributed by atoms with van der Waals surface area (Å²) in [4.78, 5) is 29.0. The van der Waals surface area contributed by atoms with Gasteiger partial charge in [-0.3, -0.25) is 9.36 Å². The average molecular weight is 479 g/mol. The maximum atomic E-state index is 12.9. The predicted molar refractivity (Wildman–Crippen MR) is 137 cm³/mol. The maximum absolute atomic E-state index is 12.9. The second kappa shape index (κ2) is 11.1. The van der Waals surface area contributed by atoms with E-state index in [4.69, 9.17) is 5.10 Å². The summed E-state index contributed by atoms with van der Waals surface area (Å²) < 4.78 is 3.37. The van der Waals surface area contributed by atoms with Gasteiger partial charge in [0.25, 0.3) is 0 Å². The van der Waals surface area contributed by atoms with Gasteiger partial charge in [0.1, 0.15) is 5.82 Å². The molecule has 180 valence electrons. The van der Waals surface area contributed by atoms with Gasteiger partial charge in [-0.15, -0.1) is 11.8 Å². The number of piperidine rings is 1. The first-order chi connectivity index (χ1) is 16.4. The number of thioether (sulfide) groups is 1. The molecule has 6 nitrogen and oxygen atoms in total. The molecule has 0 N–H and O–H groups in total. The Labute approximate surface area is 206 Å². The van der Waals surface area contributed by atoms with Crippen molar-refractivity contribution in [3.63, 3.8) is 0 Å². The molecule has 1 saturated heterocycles. The fraction of sp³-hybridized carbons (Fsp3) is 0.444. The predicted octanol–water partition coefficient (Wildman–Crippen LogP) is 4.56. The third-order valence-corrected chi connectivity index (χ3v) is 7.32. The first kappa shape index (κ1) is 24.3. The van der Waals surface area contributed by atoms with E-state index in [2.05, 4.69) is 38.1 Å². The van der Waals surface area contributed by atoms with Gasteiger partial charge in [0, 0.05) is 35.7 Å². The van der Waals surface area contributed by atoms with Gasteiger partial charge in [-0.25, -0.2) is 9.48 Å². The van der Waals surface area contributed by atoms with E-state index in [0.29, 0.717) is 37.8 Å². The van der Waals surface area contributed by atoms with Gasteiger partial charge >= 0.3 is 5.69 Å². The fourth-order valence-corrected chi connectivity index (χ4v) is 5.39. The van der Waals surface area contributed by atoms with Crippen molar-refractivity contribution in [2.24, 2.45) is 0 Å². The van der Waals surface area contributed by atoms with Gasteiger partial charge in [-0.05, 0) is 43.0 Å². The van der Waals surface area contributed by atoms with Crippen LogP contribution in [0, 0.1) is 0 Å². The van der Waals surface area contributed by atoms with Crippen LogP contribution in [-0.4, -0.2) is 43.5 Å². The first-order valence-corrected chi connectivity index (χ1v) is 13.1. The minimum atomic E-state index is -0.0565. The molecule has 0 unspecified atom stereocenters. The van der Waals surface area contributed by atoms with Gasteiger partial charge in [-0.2, -0.15) is 5.10 Å². The van der Waals surface area contributed by atoms with Crippen molar-refractivity contribution in [1.29, 1.82) is 0 Å². The van der Waals surface area contributed by atoms with Crippen LogP contribution in [-0.2, 0) is 24.3 Å². The Balaban J connectivity index is 1.37. The Morgan fingerprint density at radius 2 is 1.71 bits per heavy atom. The Bertz CT molecular complexity index is 1140. The van der Waals surface area contributed by atoms with Crippen molar-refractivity contribution in [2.45, 2.75) is 69.2 Å². The fourth-order valence-electron chi connectivity index (χ4n) is 4.55. The van der Waals surface area contributed by atoms with Crippen LogP contribution in [0.15, 0.2) is 64.3 Å². The smallest absolute Gasteiger partial charge is 0.342 e. The van der Waals surface area contributed by atoms with Gasteiger partial charge in [0.2, 0.25) is 5.91 Å². The topological polar surface area (TPSA) is 60.1 Å². The molecular formula is C27H34N4O2S. The van der Waals surface area contributed by atoms with E-state index in [1.54, 1.807) is 9.25 Å². The summed E-state index contributed by atoms with van der Waals surface area (Å²) in [5.41, 5.74) is 2.06. The summed E-state index contributed by atoms with van der Waals surface area (Å²) in [6.07, 6.45) is 2.09. The van der Waals surface area contributed by atoms with E-state index in [9.17, 15) is 9.59 Å². The Kier molecular flexibility index (Phi) is 7.93. The molecule has 2 heterocycles. The van der Waals surface area contributed by atoms with Crippen molar-refractivity contribution in [2.75, 3.05) is 13.1 Å². The van der Waals surface area contributed by atoms with E-state index >= 15 is 0 Å². The van der Waals surface area contributed by atoms with Crippen molar-refractivity contribution in [3.05, 3.63) is 82.0 Å². The summed E-state index contributed by atoms with van der Waals surface area (Å²) >= 11 is 1.83. The molecule has 1 fully saturated rings. The highest BCUT2D eigenvalue weighted by molar-refractivity contribution is 7.99. The standard InChI is InChI=1S/C27H34N4O2S/c1-4-30-26(28-31(27(30)33)19-22-8-6-5-7-9-22)23-14-16-29(17-15-23)25(32)18-21-10-12-24(13-11-21)34-20(2)3/h5-13,20,23H,4,14-19H2,1-3H3. The molecule has 7 heteroatoms. The molecule has 0 atom stereocenters. The molecule has 1 aliphatic rings. The third kappa shape index (κ3) is 5.81. The highest BCUT2D eigenvalue weighted by Gasteiger charge is 2.28. The summed E-state index contributed by atoms with van der Waals surface area (Å²) in [7, 11) is 0. The lowest BCUT2D eigenvalue weighted by Gasteiger charge is -2.31. The zero-order chi connectivity index (χ0) is 24.1. The minimum Gasteiger partial charge on any atom is -0.342 e. The Morgan fingerprint density at radius 1 is 1.03 bits per heavy atom. The van der Waals surface area contributed by atoms with Crippen LogP contribution in [0.4, 0.5) is 0 Å². The number of likely N-dealkylation sites (tertiary alicyclic amines) is 1. The molecule has 2 aromatic carbocycles. The first-order valence-electron chi connectivity index (χ1n) is 12.2. The van der Waals surface area contributed by atoms with E-state index in [1.807, 2.05) is 53.9 Å². The molecule has 0 spiro atoms. The molecule has 0 aliphatic carbocycles. The maximum Gasteiger partial charge on any atom is 0.346 e. The van der Waals surface area contributed by atoms with Gasteiger partial charge in [0.05, 0.1) is 13.0 Å². The Hall–Kier alpha value is -2.80. The van der Waals surface area contributed by atoms with Crippen LogP contribution in [0.25, 0.3) is 0 Å². The van der Waals surface area contributed by atoms with Crippen LogP contribution in [0.5, 0.6) is 0 Å². The number of carbonyl (C=O) groups excluding carboxylic acids is 1. The van der Waals surface area contributed by atoms with Crippen LogP contribution in [0.3, 0.4) is 0 Å².